The fourth-order valence-electron chi connectivity index (χ4n) is 1.85. The Morgan fingerprint density at radius 2 is 2.44 bits per heavy atom. The molecule has 0 amide bonds. The van der Waals surface area contributed by atoms with Crippen LogP contribution in [-0.2, 0) is 4.74 Å². The van der Waals surface area contributed by atoms with Crippen LogP contribution in [0.5, 0.6) is 0 Å². The van der Waals surface area contributed by atoms with E-state index >= 15 is 0 Å². The smallest absolute Gasteiger partial charge is 0.179 e. The highest BCUT2D eigenvalue weighted by atomic mass is 19.1. The molecule has 0 aliphatic carbocycles. The van der Waals surface area contributed by atoms with Gasteiger partial charge < -0.3 is 24.4 Å². The lowest BCUT2D eigenvalue weighted by Gasteiger charge is -2.17. The van der Waals surface area contributed by atoms with Crippen LogP contribution in [0.25, 0.3) is 11.2 Å². The molecule has 0 radical (unpaired) electrons. The molecule has 1 aliphatic heterocycles. The first-order chi connectivity index (χ1) is 8.69. The van der Waals surface area contributed by atoms with E-state index in [4.69, 9.17) is 9.84 Å². The quantitative estimate of drug-likeness (QED) is 0.792. The van der Waals surface area contributed by atoms with Gasteiger partial charge >= 0.3 is 0 Å². The van der Waals surface area contributed by atoms with Gasteiger partial charge in [0.05, 0.1) is 18.6 Å². The molecule has 1 N–H and O–H groups in total. The number of aryl methyl sites for hydroxylation is 1. The zero-order chi connectivity index (χ0) is 12.7. The average molecular weight is 249 g/mol. The van der Waals surface area contributed by atoms with Gasteiger partial charge in [-0.2, -0.15) is 0 Å². The van der Waals surface area contributed by atoms with Crippen LogP contribution in [0.4, 0.5) is 4.39 Å². The Bertz CT molecular complexity index is 625. The van der Waals surface area contributed by atoms with Crippen LogP contribution < -0.4 is 0 Å². The number of fused-ring (bicyclic) bond motifs is 1. The Morgan fingerprint density at radius 3 is 3.17 bits per heavy atom. The van der Waals surface area contributed by atoms with E-state index in [0.717, 1.165) is 0 Å². The minimum Gasteiger partial charge on any atom is -0.393 e. The summed E-state index contributed by atoms with van der Waals surface area (Å²) in [5.74, 6) is 0.0509. The summed E-state index contributed by atoms with van der Waals surface area (Å²) in [6.45, 7) is 1.45. The maximum Gasteiger partial charge on any atom is 0.179 e. The molecule has 0 saturated carbocycles. The third-order valence-electron chi connectivity index (χ3n) is 2.68. The van der Waals surface area contributed by atoms with Crippen molar-refractivity contribution in [2.45, 2.75) is 19.3 Å². The van der Waals surface area contributed by atoms with Crippen molar-refractivity contribution in [2.75, 3.05) is 6.61 Å². The number of hydrogen-bond donors (Lipinski definition) is 1. The zero-order valence-electron chi connectivity index (χ0n) is 9.54. The highest BCUT2D eigenvalue weighted by Gasteiger charge is 2.28. The molecule has 3 rings (SSSR count). The number of nitrogens with zero attached hydrogens (tertiary/aromatic N) is 4. The lowest BCUT2D eigenvalue weighted by Crippen LogP contribution is -2.16. The van der Waals surface area contributed by atoms with E-state index in [9.17, 15) is 4.39 Å². The first-order valence-corrected chi connectivity index (χ1v) is 5.41. The number of ether oxygens (including phenoxy) is 1. The molecule has 0 saturated heterocycles. The van der Waals surface area contributed by atoms with Crippen LogP contribution in [0.15, 0.2) is 18.2 Å². The second-order valence-corrected chi connectivity index (χ2v) is 3.97. The van der Waals surface area contributed by atoms with E-state index in [2.05, 4.69) is 21.1 Å². The Hall–Kier alpha value is -1.86. The Balaban J connectivity index is 2.05. The summed E-state index contributed by atoms with van der Waals surface area (Å²) in [5, 5.41) is 8.96. The predicted octanol–water partition coefficient (Wildman–Crippen LogP) is 0.678. The molecular formula is C11H10FN4O2-. The van der Waals surface area contributed by atoms with Gasteiger partial charge in [0.1, 0.15) is 11.9 Å². The standard InChI is InChI=1S/C11H10FN4O2/c1-6-13-3-9-10(15-6)16(5-14-9)11-8(12)2-7(4-17)18-11/h2,5,7,11,17H,4H2,1H3/q-1/t7-,11+/m0/s1. The first-order valence-electron chi connectivity index (χ1n) is 5.41. The number of aliphatic hydroxyl groups excluding tert-OH is 1. The van der Waals surface area contributed by atoms with Crippen molar-refractivity contribution in [1.82, 2.24) is 19.5 Å². The van der Waals surface area contributed by atoms with Crippen LogP contribution in [-0.4, -0.2) is 37.3 Å². The molecule has 18 heavy (non-hydrogen) atoms. The zero-order valence-corrected chi connectivity index (χ0v) is 9.54. The number of aliphatic hydroxyl groups is 1. The molecule has 2 atom stereocenters. The van der Waals surface area contributed by atoms with Gasteiger partial charge in [-0.15, -0.1) is 0 Å². The summed E-state index contributed by atoms with van der Waals surface area (Å²) in [4.78, 5) is 12.1. The Kier molecular flexibility index (Phi) is 2.57. The van der Waals surface area contributed by atoms with Crippen molar-refractivity contribution in [1.29, 1.82) is 0 Å². The van der Waals surface area contributed by atoms with E-state index in [1.807, 2.05) is 0 Å². The molecule has 0 spiro atoms. The summed E-state index contributed by atoms with van der Waals surface area (Å²) in [6.07, 6.45) is 3.80. The van der Waals surface area contributed by atoms with E-state index in [1.165, 1.54) is 17.0 Å². The maximum absolute atomic E-state index is 13.7. The molecule has 1 aliphatic rings. The molecule has 0 unspecified atom stereocenters. The first kappa shape index (κ1) is 11.2. The van der Waals surface area contributed by atoms with Crippen LogP contribution in [0.1, 0.15) is 12.1 Å². The van der Waals surface area contributed by atoms with Gasteiger partial charge in [-0.05, 0) is 12.3 Å². The third-order valence-corrected chi connectivity index (χ3v) is 2.68. The van der Waals surface area contributed by atoms with Crippen LogP contribution >= 0.6 is 0 Å². The van der Waals surface area contributed by atoms with Gasteiger partial charge in [0, 0.05) is 11.3 Å². The summed E-state index contributed by atoms with van der Waals surface area (Å²) in [5.41, 5.74) is 0.902. The monoisotopic (exact) mass is 249 g/mol. The topological polar surface area (TPSA) is 73.1 Å². The lowest BCUT2D eigenvalue weighted by atomic mass is 10.3. The Labute approximate surface area is 102 Å². The SMILES string of the molecule is Cc1n[c-]c2ncn([C@@H]3O[C@H](CO)C=C3F)c2n1. The summed E-state index contributed by atoms with van der Waals surface area (Å²) < 4.78 is 20.5. The largest absolute Gasteiger partial charge is 0.393 e. The average Bonchev–Trinajstić information content (AvgIpc) is 2.92. The van der Waals surface area contributed by atoms with E-state index < -0.39 is 18.2 Å². The minimum atomic E-state index is -0.935. The van der Waals surface area contributed by atoms with Crippen molar-refractivity contribution in [3.05, 3.63) is 30.3 Å². The fourth-order valence-corrected chi connectivity index (χ4v) is 1.85. The van der Waals surface area contributed by atoms with E-state index in [1.54, 1.807) is 6.92 Å². The molecule has 2 aromatic heterocycles. The molecule has 7 heteroatoms. The molecule has 3 heterocycles. The van der Waals surface area contributed by atoms with Crippen molar-refractivity contribution >= 4 is 11.2 Å². The molecule has 0 fully saturated rings. The van der Waals surface area contributed by atoms with E-state index in [0.29, 0.717) is 17.0 Å². The fraction of sp³-hybridized carbons (Fsp3) is 0.364. The van der Waals surface area contributed by atoms with Crippen molar-refractivity contribution in [2.24, 2.45) is 0 Å². The van der Waals surface area contributed by atoms with Crippen molar-refractivity contribution in [3.63, 3.8) is 0 Å². The number of hydrogen-bond acceptors (Lipinski definition) is 5. The van der Waals surface area contributed by atoms with Crippen molar-refractivity contribution in [3.8, 4) is 0 Å². The van der Waals surface area contributed by atoms with Gasteiger partial charge in [0.25, 0.3) is 0 Å². The van der Waals surface area contributed by atoms with Gasteiger partial charge in [-0.1, -0.05) is 6.92 Å². The van der Waals surface area contributed by atoms with Crippen molar-refractivity contribution < 1.29 is 14.2 Å². The van der Waals surface area contributed by atoms with Gasteiger partial charge in [0.2, 0.25) is 0 Å². The van der Waals surface area contributed by atoms with Gasteiger partial charge in [-0.25, -0.2) is 4.39 Å². The normalized spacial score (nSPS) is 23.6. The number of aromatic nitrogens is 4. The lowest BCUT2D eigenvalue weighted by molar-refractivity contribution is -0.0174. The molecule has 2 aromatic rings. The third kappa shape index (κ3) is 1.68. The highest BCUT2D eigenvalue weighted by Crippen LogP contribution is 2.31. The molecule has 0 aromatic carbocycles. The summed E-state index contributed by atoms with van der Waals surface area (Å²) in [6, 6.07) is 0. The number of imidazole rings is 1. The van der Waals surface area contributed by atoms with Crippen LogP contribution in [0.3, 0.4) is 0 Å². The number of halogens is 1. The molecule has 0 bridgehead atoms. The van der Waals surface area contributed by atoms with Crippen LogP contribution in [0, 0.1) is 13.1 Å². The summed E-state index contributed by atoms with van der Waals surface area (Å²) in [7, 11) is 0. The van der Waals surface area contributed by atoms with Gasteiger partial charge in [0.15, 0.2) is 6.23 Å². The molecular weight excluding hydrogens is 239 g/mol. The summed E-state index contributed by atoms with van der Waals surface area (Å²) >= 11 is 0. The Morgan fingerprint density at radius 1 is 1.61 bits per heavy atom. The maximum atomic E-state index is 13.7. The van der Waals surface area contributed by atoms with E-state index in [-0.39, 0.29) is 6.61 Å². The molecule has 6 nitrogen and oxygen atoms in total. The predicted molar refractivity (Wildman–Crippen MR) is 59.1 cm³/mol. The second-order valence-electron chi connectivity index (χ2n) is 3.97. The second kappa shape index (κ2) is 4.11. The van der Waals surface area contributed by atoms with Gasteiger partial charge in [-0.3, -0.25) is 4.98 Å². The minimum absolute atomic E-state index is 0.267. The number of rotatable bonds is 2. The molecule has 94 valence electrons. The highest BCUT2D eigenvalue weighted by molar-refractivity contribution is 5.68. The van der Waals surface area contributed by atoms with Crippen LogP contribution in [0.2, 0.25) is 0 Å².